The Bertz CT molecular complexity index is 691. The number of carbonyl (C=O) groups is 1. The number of ether oxygens (including phenoxy) is 2. The van der Waals surface area contributed by atoms with Crippen LogP contribution in [0.2, 0.25) is 0 Å². The van der Waals surface area contributed by atoms with Crippen LogP contribution in [0.5, 0.6) is 0 Å². The normalized spacial score (nSPS) is 10.4. The number of rotatable bonds is 10. The number of amides is 1. The summed E-state index contributed by atoms with van der Waals surface area (Å²) in [7, 11) is 3.25. The number of anilines is 3. The number of nitrogen functional groups attached to an aromatic ring is 1. The van der Waals surface area contributed by atoms with Crippen molar-refractivity contribution in [3.05, 3.63) is 36.4 Å². The maximum Gasteiger partial charge on any atom is 0.271 e. The SMILES string of the molecule is COCCN(CCOC)c1ncnc(NNC(=O)c2cccnc2)c1N. The summed E-state index contributed by atoms with van der Waals surface area (Å²) in [5, 5.41) is 0. The number of pyridine rings is 1. The van der Waals surface area contributed by atoms with Gasteiger partial charge in [0.25, 0.3) is 5.91 Å². The molecule has 26 heavy (non-hydrogen) atoms. The van der Waals surface area contributed by atoms with Gasteiger partial charge in [-0.25, -0.2) is 9.97 Å². The summed E-state index contributed by atoms with van der Waals surface area (Å²) in [4.78, 5) is 26.2. The Morgan fingerprint density at radius 2 is 1.96 bits per heavy atom. The molecule has 0 saturated heterocycles. The van der Waals surface area contributed by atoms with E-state index in [4.69, 9.17) is 15.2 Å². The first-order valence-corrected chi connectivity index (χ1v) is 7.97. The van der Waals surface area contributed by atoms with Gasteiger partial charge in [-0.2, -0.15) is 0 Å². The Labute approximate surface area is 151 Å². The molecular weight excluding hydrogens is 338 g/mol. The predicted molar refractivity (Wildman–Crippen MR) is 97.7 cm³/mol. The summed E-state index contributed by atoms with van der Waals surface area (Å²) in [6.07, 6.45) is 4.42. The molecule has 2 heterocycles. The van der Waals surface area contributed by atoms with Crippen LogP contribution < -0.4 is 21.5 Å². The van der Waals surface area contributed by atoms with Crippen molar-refractivity contribution in [2.45, 2.75) is 0 Å². The van der Waals surface area contributed by atoms with E-state index in [2.05, 4.69) is 25.8 Å². The van der Waals surface area contributed by atoms with E-state index in [0.29, 0.717) is 49.2 Å². The van der Waals surface area contributed by atoms with E-state index < -0.39 is 0 Å². The van der Waals surface area contributed by atoms with E-state index in [-0.39, 0.29) is 5.91 Å². The minimum atomic E-state index is -0.353. The van der Waals surface area contributed by atoms with Crippen LogP contribution in [0.1, 0.15) is 10.4 Å². The van der Waals surface area contributed by atoms with Gasteiger partial charge < -0.3 is 20.1 Å². The van der Waals surface area contributed by atoms with Gasteiger partial charge >= 0.3 is 0 Å². The van der Waals surface area contributed by atoms with Crippen molar-refractivity contribution in [2.24, 2.45) is 0 Å². The quantitative estimate of drug-likeness (QED) is 0.512. The summed E-state index contributed by atoms with van der Waals surface area (Å²) in [5.41, 5.74) is 12.2. The standard InChI is InChI=1S/C16H23N7O3/c1-25-8-6-23(7-9-26-2)15-13(17)14(19-11-20-15)21-22-16(24)12-4-3-5-18-10-12/h3-5,10-11H,6-9,17H2,1-2H3,(H,22,24)(H,19,20,21). The molecule has 0 aliphatic heterocycles. The molecule has 10 heteroatoms. The number of hydrogen-bond acceptors (Lipinski definition) is 9. The Hall–Kier alpha value is -2.98. The number of aromatic nitrogens is 3. The first kappa shape index (κ1) is 19.3. The Kier molecular flexibility index (Phi) is 7.52. The molecule has 10 nitrogen and oxygen atoms in total. The van der Waals surface area contributed by atoms with E-state index in [1.54, 1.807) is 32.5 Å². The molecule has 1 amide bonds. The van der Waals surface area contributed by atoms with Gasteiger partial charge in [-0.05, 0) is 12.1 Å². The van der Waals surface area contributed by atoms with Gasteiger partial charge in [0.05, 0.1) is 18.8 Å². The molecule has 2 aromatic heterocycles. The summed E-state index contributed by atoms with van der Waals surface area (Å²) >= 11 is 0. The Morgan fingerprint density at radius 1 is 1.23 bits per heavy atom. The molecule has 4 N–H and O–H groups in total. The molecule has 0 bridgehead atoms. The van der Waals surface area contributed by atoms with Crippen molar-refractivity contribution >= 4 is 23.2 Å². The monoisotopic (exact) mass is 361 g/mol. The summed E-state index contributed by atoms with van der Waals surface area (Å²) in [6, 6.07) is 3.32. The lowest BCUT2D eigenvalue weighted by Gasteiger charge is -2.25. The third kappa shape index (κ3) is 5.26. The van der Waals surface area contributed by atoms with Gasteiger partial charge in [0.1, 0.15) is 12.0 Å². The van der Waals surface area contributed by atoms with Crippen molar-refractivity contribution in [3.8, 4) is 0 Å². The molecule has 2 aromatic rings. The van der Waals surface area contributed by atoms with Gasteiger partial charge in [0, 0.05) is 39.7 Å². The molecule has 140 valence electrons. The number of nitrogens with zero attached hydrogens (tertiary/aromatic N) is 4. The zero-order chi connectivity index (χ0) is 18.8. The molecule has 0 aromatic carbocycles. The molecule has 0 unspecified atom stereocenters. The molecule has 0 spiro atoms. The van der Waals surface area contributed by atoms with Gasteiger partial charge in [0.2, 0.25) is 0 Å². The first-order chi connectivity index (χ1) is 12.7. The number of hydrogen-bond donors (Lipinski definition) is 3. The second kappa shape index (κ2) is 10.1. The second-order valence-corrected chi connectivity index (χ2v) is 5.25. The largest absolute Gasteiger partial charge is 0.393 e. The third-order valence-corrected chi connectivity index (χ3v) is 3.51. The van der Waals surface area contributed by atoms with E-state index in [1.165, 1.54) is 12.5 Å². The molecule has 0 fully saturated rings. The van der Waals surface area contributed by atoms with Gasteiger partial charge in [-0.3, -0.25) is 20.6 Å². The lowest BCUT2D eigenvalue weighted by Crippen LogP contribution is -2.33. The highest BCUT2D eigenvalue weighted by Gasteiger charge is 2.16. The number of methoxy groups -OCH3 is 2. The maximum atomic E-state index is 12.1. The molecule has 0 radical (unpaired) electrons. The van der Waals surface area contributed by atoms with E-state index >= 15 is 0 Å². The van der Waals surface area contributed by atoms with Crippen molar-refractivity contribution < 1.29 is 14.3 Å². The average Bonchev–Trinajstić information content (AvgIpc) is 2.68. The zero-order valence-corrected chi connectivity index (χ0v) is 14.8. The predicted octanol–water partition coefficient (Wildman–Crippen LogP) is 0.310. The lowest BCUT2D eigenvalue weighted by molar-refractivity contribution is 0.0962. The van der Waals surface area contributed by atoms with E-state index in [0.717, 1.165) is 0 Å². The Morgan fingerprint density at radius 3 is 2.58 bits per heavy atom. The summed E-state index contributed by atoms with van der Waals surface area (Å²) in [5.74, 6) is 0.479. The maximum absolute atomic E-state index is 12.1. The number of nitrogens with one attached hydrogen (secondary N) is 2. The smallest absolute Gasteiger partial charge is 0.271 e. The van der Waals surface area contributed by atoms with Crippen molar-refractivity contribution in [1.29, 1.82) is 0 Å². The van der Waals surface area contributed by atoms with Crippen LogP contribution in [0, 0.1) is 0 Å². The van der Waals surface area contributed by atoms with Crippen LogP contribution in [-0.4, -0.2) is 61.4 Å². The molecule has 0 saturated carbocycles. The third-order valence-electron chi connectivity index (χ3n) is 3.51. The van der Waals surface area contributed by atoms with Crippen LogP contribution in [-0.2, 0) is 9.47 Å². The summed E-state index contributed by atoms with van der Waals surface area (Å²) in [6.45, 7) is 2.19. The minimum absolute atomic E-state index is 0.298. The lowest BCUT2D eigenvalue weighted by atomic mass is 10.3. The van der Waals surface area contributed by atoms with E-state index in [1.807, 2.05) is 4.90 Å². The number of nitrogens with two attached hydrogens (primary N) is 1. The van der Waals surface area contributed by atoms with Gasteiger partial charge in [-0.1, -0.05) is 0 Å². The second-order valence-electron chi connectivity index (χ2n) is 5.25. The topological polar surface area (TPSA) is 128 Å². The van der Waals surface area contributed by atoms with Crippen LogP contribution in [0.3, 0.4) is 0 Å². The van der Waals surface area contributed by atoms with E-state index in [9.17, 15) is 4.79 Å². The van der Waals surface area contributed by atoms with Crippen LogP contribution in [0.25, 0.3) is 0 Å². The fourth-order valence-electron chi connectivity index (χ4n) is 2.15. The molecular formula is C16H23N7O3. The zero-order valence-electron chi connectivity index (χ0n) is 14.8. The summed E-state index contributed by atoms with van der Waals surface area (Å²) < 4.78 is 10.3. The Balaban J connectivity index is 2.10. The fraction of sp³-hybridized carbons (Fsp3) is 0.375. The van der Waals surface area contributed by atoms with Crippen LogP contribution in [0.4, 0.5) is 17.3 Å². The highest BCUT2D eigenvalue weighted by Crippen LogP contribution is 2.25. The number of carbonyl (C=O) groups excluding carboxylic acids is 1. The average molecular weight is 361 g/mol. The minimum Gasteiger partial charge on any atom is -0.393 e. The number of hydrazine groups is 1. The van der Waals surface area contributed by atoms with Gasteiger partial charge in [-0.15, -0.1) is 0 Å². The molecule has 0 aliphatic carbocycles. The first-order valence-electron chi connectivity index (χ1n) is 7.97. The fourth-order valence-corrected chi connectivity index (χ4v) is 2.15. The van der Waals surface area contributed by atoms with Gasteiger partial charge in [0.15, 0.2) is 11.6 Å². The highest BCUT2D eigenvalue weighted by molar-refractivity contribution is 5.94. The van der Waals surface area contributed by atoms with Crippen LogP contribution >= 0.6 is 0 Å². The molecule has 2 rings (SSSR count). The molecule has 0 aliphatic rings. The van der Waals surface area contributed by atoms with Crippen molar-refractivity contribution in [1.82, 2.24) is 20.4 Å². The van der Waals surface area contributed by atoms with Crippen molar-refractivity contribution in [2.75, 3.05) is 56.6 Å². The van der Waals surface area contributed by atoms with Crippen LogP contribution in [0.15, 0.2) is 30.9 Å². The molecule has 0 atom stereocenters. The van der Waals surface area contributed by atoms with Crippen molar-refractivity contribution in [3.63, 3.8) is 0 Å². The highest BCUT2D eigenvalue weighted by atomic mass is 16.5.